The Bertz CT molecular complexity index is 1020. The molecule has 2 unspecified atom stereocenters. The third-order valence-corrected chi connectivity index (χ3v) is 6.62. The number of benzene rings is 1. The molecule has 156 valence electrons. The van der Waals surface area contributed by atoms with Gasteiger partial charge in [-0.1, -0.05) is 17.7 Å². The van der Waals surface area contributed by atoms with Crippen molar-refractivity contribution in [1.29, 1.82) is 0 Å². The number of aromatic nitrogens is 2. The minimum absolute atomic E-state index is 0.0133. The van der Waals surface area contributed by atoms with Crippen LogP contribution in [0.2, 0.25) is 5.02 Å². The highest BCUT2D eigenvalue weighted by Gasteiger charge is 2.27. The molecular weight excluding hydrogens is 443 g/mol. The predicted octanol–water partition coefficient (Wildman–Crippen LogP) is 5.65. The Morgan fingerprint density at radius 2 is 2.17 bits per heavy atom. The van der Waals surface area contributed by atoms with E-state index in [0.717, 1.165) is 35.9 Å². The average Bonchev–Trinajstić information content (AvgIpc) is 3.28. The molecule has 0 amide bonds. The smallest absolute Gasteiger partial charge is 0.147 e. The van der Waals surface area contributed by atoms with Gasteiger partial charge in [0.2, 0.25) is 0 Å². The van der Waals surface area contributed by atoms with Crippen molar-refractivity contribution < 1.29 is 9.13 Å². The van der Waals surface area contributed by atoms with Crippen LogP contribution in [0.15, 0.2) is 58.5 Å². The Hall–Kier alpha value is -2.13. The summed E-state index contributed by atoms with van der Waals surface area (Å²) in [5.41, 5.74) is 10.3. The van der Waals surface area contributed by atoms with E-state index in [1.54, 1.807) is 24.0 Å². The molecule has 1 aromatic carbocycles. The number of hydrogen-bond acceptors (Lipinski definition) is 7. The van der Waals surface area contributed by atoms with Gasteiger partial charge in [-0.25, -0.2) is 9.37 Å². The zero-order chi connectivity index (χ0) is 20.9. The van der Waals surface area contributed by atoms with Crippen molar-refractivity contribution >= 4 is 46.3 Å². The number of hydrogen-bond donors (Lipinski definition) is 2. The van der Waals surface area contributed by atoms with Gasteiger partial charge in [0, 0.05) is 35.8 Å². The minimum Gasteiger partial charge on any atom is -0.491 e. The monoisotopic (exact) mass is 462 g/mol. The fourth-order valence-electron chi connectivity index (χ4n) is 3.35. The summed E-state index contributed by atoms with van der Waals surface area (Å²) < 4.78 is 23.5. The summed E-state index contributed by atoms with van der Waals surface area (Å²) >= 11 is 8.94. The molecule has 2 heterocycles. The fourth-order valence-corrected chi connectivity index (χ4v) is 4.85. The zero-order valence-electron chi connectivity index (χ0n) is 15.9. The summed E-state index contributed by atoms with van der Waals surface area (Å²) in [5, 5.41) is 2.18. The molecule has 2 aromatic heterocycles. The van der Waals surface area contributed by atoms with Gasteiger partial charge in [0.25, 0.3) is 0 Å². The third kappa shape index (κ3) is 4.95. The largest absolute Gasteiger partial charge is 0.491 e. The number of pyridine rings is 1. The topological polar surface area (TPSA) is 73.1 Å². The molecule has 3 aromatic rings. The Labute approximate surface area is 187 Å². The van der Waals surface area contributed by atoms with Crippen molar-refractivity contribution in [2.24, 2.45) is 11.7 Å². The average molecular weight is 463 g/mol. The molecule has 0 saturated heterocycles. The zero-order valence-corrected chi connectivity index (χ0v) is 18.3. The van der Waals surface area contributed by atoms with Crippen LogP contribution < -0.4 is 15.2 Å². The Morgan fingerprint density at radius 1 is 1.33 bits per heavy atom. The van der Waals surface area contributed by atoms with Gasteiger partial charge in [-0.3, -0.25) is 4.98 Å². The Morgan fingerprint density at radius 3 is 2.93 bits per heavy atom. The summed E-state index contributed by atoms with van der Waals surface area (Å²) in [6.45, 7) is 0.318. The molecule has 0 aliphatic heterocycles. The SMILES string of the molecule is NC1CCC=C(c2ccncc2)C1COc1cc(F)c(SNc2cscn2)cc1Cl. The number of ether oxygens (including phenoxy) is 1. The predicted molar refractivity (Wildman–Crippen MR) is 121 cm³/mol. The van der Waals surface area contributed by atoms with Gasteiger partial charge in [-0.2, -0.15) is 0 Å². The lowest BCUT2D eigenvalue weighted by Crippen LogP contribution is -2.36. The van der Waals surface area contributed by atoms with Crippen LogP contribution in [0.5, 0.6) is 5.75 Å². The number of nitrogens with zero attached hydrogens (tertiary/aromatic N) is 2. The quantitative estimate of drug-likeness (QED) is 0.442. The number of thiazole rings is 1. The van der Waals surface area contributed by atoms with Crippen LogP contribution in [0.3, 0.4) is 0 Å². The van der Waals surface area contributed by atoms with E-state index in [9.17, 15) is 4.39 Å². The van der Waals surface area contributed by atoms with Crippen LogP contribution in [-0.4, -0.2) is 22.6 Å². The summed E-state index contributed by atoms with van der Waals surface area (Å²) in [7, 11) is 0. The lowest BCUT2D eigenvalue weighted by molar-refractivity contribution is 0.252. The maximum absolute atomic E-state index is 14.6. The van der Waals surface area contributed by atoms with Crippen molar-refractivity contribution in [2.45, 2.75) is 23.8 Å². The second kappa shape index (κ2) is 9.78. The van der Waals surface area contributed by atoms with Gasteiger partial charge >= 0.3 is 0 Å². The first-order valence-corrected chi connectivity index (χ1v) is 11.5. The molecule has 9 heteroatoms. The van der Waals surface area contributed by atoms with Gasteiger partial charge in [-0.05, 0) is 54.1 Å². The summed E-state index contributed by atoms with van der Waals surface area (Å²) in [6, 6.07) is 6.75. The van der Waals surface area contributed by atoms with Gasteiger partial charge < -0.3 is 15.2 Å². The first-order chi connectivity index (χ1) is 14.6. The van der Waals surface area contributed by atoms with Crippen molar-refractivity contribution in [3.05, 3.63) is 70.0 Å². The maximum Gasteiger partial charge on any atom is 0.147 e. The van der Waals surface area contributed by atoms with E-state index in [-0.39, 0.29) is 12.0 Å². The van der Waals surface area contributed by atoms with Crippen LogP contribution >= 0.6 is 34.9 Å². The van der Waals surface area contributed by atoms with E-state index in [4.69, 9.17) is 22.1 Å². The number of allylic oxidation sites excluding steroid dienone is 1. The normalized spacial score (nSPS) is 18.7. The van der Waals surface area contributed by atoms with Crippen LogP contribution in [-0.2, 0) is 0 Å². The highest BCUT2D eigenvalue weighted by Crippen LogP contribution is 2.36. The molecular formula is C21H20ClFN4OS2. The molecule has 2 atom stereocenters. The van der Waals surface area contributed by atoms with E-state index in [1.165, 1.54) is 17.4 Å². The molecule has 30 heavy (non-hydrogen) atoms. The minimum atomic E-state index is -0.417. The first-order valence-electron chi connectivity index (χ1n) is 9.40. The van der Waals surface area contributed by atoms with Crippen LogP contribution in [0.4, 0.5) is 10.2 Å². The van der Waals surface area contributed by atoms with Crippen LogP contribution in [0, 0.1) is 11.7 Å². The van der Waals surface area contributed by atoms with Crippen molar-refractivity contribution in [1.82, 2.24) is 9.97 Å². The molecule has 4 rings (SSSR count). The molecule has 5 nitrogen and oxygen atoms in total. The van der Waals surface area contributed by atoms with E-state index < -0.39 is 5.82 Å². The first kappa shape index (κ1) is 21.1. The molecule has 1 aliphatic carbocycles. The van der Waals surface area contributed by atoms with Crippen molar-refractivity contribution in [2.75, 3.05) is 11.3 Å². The summed E-state index contributed by atoms with van der Waals surface area (Å²) in [6.07, 6.45) is 7.51. The van der Waals surface area contributed by atoms with Gasteiger partial charge in [0.05, 0.1) is 22.0 Å². The van der Waals surface area contributed by atoms with Gasteiger partial charge in [0.1, 0.15) is 17.4 Å². The highest BCUT2D eigenvalue weighted by molar-refractivity contribution is 8.00. The summed E-state index contributed by atoms with van der Waals surface area (Å²) in [4.78, 5) is 8.55. The van der Waals surface area contributed by atoms with Crippen LogP contribution in [0.25, 0.3) is 5.57 Å². The summed E-state index contributed by atoms with van der Waals surface area (Å²) in [5.74, 6) is 0.544. The number of nitrogens with one attached hydrogen (secondary N) is 1. The van der Waals surface area contributed by atoms with E-state index in [2.05, 4.69) is 20.8 Å². The molecule has 0 radical (unpaired) electrons. The molecule has 0 spiro atoms. The van der Waals surface area contributed by atoms with Gasteiger partial charge in [0.15, 0.2) is 0 Å². The Balaban J connectivity index is 1.46. The number of nitrogens with two attached hydrogens (primary N) is 1. The second-order valence-corrected chi connectivity index (χ2v) is 8.82. The molecule has 1 aliphatic rings. The van der Waals surface area contributed by atoms with E-state index >= 15 is 0 Å². The fraction of sp³-hybridized carbons (Fsp3) is 0.238. The lowest BCUT2D eigenvalue weighted by Gasteiger charge is -2.30. The molecule has 0 bridgehead atoms. The second-order valence-electron chi connectivity index (χ2n) is 6.84. The van der Waals surface area contributed by atoms with E-state index in [1.807, 2.05) is 17.5 Å². The lowest BCUT2D eigenvalue weighted by atomic mass is 9.81. The van der Waals surface area contributed by atoms with Crippen molar-refractivity contribution in [3.8, 4) is 5.75 Å². The van der Waals surface area contributed by atoms with Crippen molar-refractivity contribution in [3.63, 3.8) is 0 Å². The molecule has 0 fully saturated rings. The van der Waals surface area contributed by atoms with Gasteiger partial charge in [-0.15, -0.1) is 11.3 Å². The van der Waals surface area contributed by atoms with E-state index in [0.29, 0.717) is 28.1 Å². The highest BCUT2D eigenvalue weighted by atomic mass is 35.5. The standard InChI is InChI=1S/C21H20ClFN4OS2/c22-16-8-20(30-27-21-11-29-12-26-21)17(23)9-19(16)28-10-15-14(2-1-3-18(15)24)13-4-6-25-7-5-13/h2,4-9,11-12,15,18,27H,1,3,10,24H2. The molecule has 0 saturated carbocycles. The number of rotatable bonds is 7. The third-order valence-electron chi connectivity index (χ3n) is 4.90. The van der Waals surface area contributed by atoms with Crippen LogP contribution in [0.1, 0.15) is 18.4 Å². The number of anilines is 1. The maximum atomic E-state index is 14.6. The molecule has 3 N–H and O–H groups in total. The number of halogens is 2. The Kier molecular flexibility index (Phi) is 6.89.